The van der Waals surface area contributed by atoms with Crippen LogP contribution in [0.25, 0.3) is 0 Å². The summed E-state index contributed by atoms with van der Waals surface area (Å²) < 4.78 is 0.436. The first kappa shape index (κ1) is 28.1. The van der Waals surface area contributed by atoms with Crippen molar-refractivity contribution in [3.8, 4) is 0 Å². The van der Waals surface area contributed by atoms with Crippen LogP contribution >= 0.6 is 22.6 Å². The van der Waals surface area contributed by atoms with E-state index in [2.05, 4.69) is 16.0 Å². The molecule has 3 rings (SSSR count). The molecule has 0 aliphatic carbocycles. The number of non-ortho nitro benzene ring substituents is 1. The van der Waals surface area contributed by atoms with E-state index in [-0.39, 0.29) is 43.6 Å². The summed E-state index contributed by atoms with van der Waals surface area (Å²) in [7, 11) is 0. The van der Waals surface area contributed by atoms with Crippen molar-refractivity contribution in [3.05, 3.63) is 31.4 Å². The monoisotopic (exact) mass is 629 g/mol. The molecular formula is C22H28IN7O7. The summed E-state index contributed by atoms with van der Waals surface area (Å²) in [5.41, 5.74) is 10.8. The Labute approximate surface area is 225 Å². The zero-order chi connectivity index (χ0) is 27.3. The summed E-state index contributed by atoms with van der Waals surface area (Å²) in [5, 5.41) is 19.7. The Morgan fingerprint density at radius 2 is 1.84 bits per heavy atom. The molecule has 15 heteroatoms. The second-order valence-corrected chi connectivity index (χ2v) is 10.0. The van der Waals surface area contributed by atoms with E-state index in [9.17, 15) is 34.1 Å². The molecule has 5 amide bonds. The van der Waals surface area contributed by atoms with Crippen LogP contribution in [-0.4, -0.2) is 70.6 Å². The maximum absolute atomic E-state index is 13.6. The Balaban J connectivity index is 2.02. The van der Waals surface area contributed by atoms with Crippen LogP contribution in [-0.2, 0) is 19.2 Å². The number of amides is 5. The molecule has 14 nitrogen and oxygen atoms in total. The SMILES string of the molecule is NC(=O)CC[C@@H]1NC(=O)[C@@H]2CCCN2C(=O)c2cc([N+](=O)[O-])cc(I)c2NCCC[C@@H](C(N)=O)NC1=O. The van der Waals surface area contributed by atoms with Gasteiger partial charge in [-0.15, -0.1) is 0 Å². The first-order valence-corrected chi connectivity index (χ1v) is 12.8. The number of nitrogens with one attached hydrogen (secondary N) is 3. The summed E-state index contributed by atoms with van der Waals surface area (Å²) in [6.45, 7) is 0.497. The minimum atomic E-state index is -1.20. The van der Waals surface area contributed by atoms with Gasteiger partial charge in [0.25, 0.3) is 11.6 Å². The topological polar surface area (TPSA) is 220 Å². The number of hydrogen-bond donors (Lipinski definition) is 5. The molecule has 1 aromatic rings. The fourth-order valence-electron chi connectivity index (χ4n) is 4.38. The van der Waals surface area contributed by atoms with E-state index in [0.29, 0.717) is 28.5 Å². The van der Waals surface area contributed by atoms with Crippen LogP contribution in [0.3, 0.4) is 0 Å². The first-order valence-electron chi connectivity index (χ1n) is 11.7. The van der Waals surface area contributed by atoms with Crippen molar-refractivity contribution >= 4 is 63.5 Å². The van der Waals surface area contributed by atoms with E-state index in [0.717, 1.165) is 0 Å². The third-order valence-corrected chi connectivity index (χ3v) is 7.13. The molecule has 1 aromatic carbocycles. The molecule has 2 aliphatic heterocycles. The Morgan fingerprint density at radius 3 is 2.49 bits per heavy atom. The Bertz CT molecular complexity index is 1130. The van der Waals surface area contributed by atoms with Crippen molar-refractivity contribution in [3.63, 3.8) is 0 Å². The fraction of sp³-hybridized carbons (Fsp3) is 0.500. The lowest BCUT2D eigenvalue weighted by Crippen LogP contribution is -2.56. The Kier molecular flexibility index (Phi) is 9.23. The molecule has 0 aromatic heterocycles. The highest BCUT2D eigenvalue weighted by molar-refractivity contribution is 14.1. The maximum Gasteiger partial charge on any atom is 0.271 e. The number of nitro benzene ring substituents is 1. The number of nitrogens with zero attached hydrogens (tertiary/aromatic N) is 2. The van der Waals surface area contributed by atoms with Gasteiger partial charge in [-0.1, -0.05) is 0 Å². The van der Waals surface area contributed by atoms with Crippen molar-refractivity contribution in [2.75, 3.05) is 18.4 Å². The fourth-order valence-corrected chi connectivity index (χ4v) is 5.18. The average Bonchev–Trinajstić information content (AvgIpc) is 3.32. The molecule has 1 saturated heterocycles. The zero-order valence-corrected chi connectivity index (χ0v) is 22.0. The Hall–Kier alpha value is -3.50. The number of rotatable bonds is 5. The predicted molar refractivity (Wildman–Crippen MR) is 139 cm³/mol. The summed E-state index contributed by atoms with van der Waals surface area (Å²) in [6, 6.07) is -0.689. The van der Waals surface area contributed by atoms with Gasteiger partial charge in [-0.05, 0) is 54.7 Å². The van der Waals surface area contributed by atoms with Crippen molar-refractivity contribution in [2.45, 2.75) is 56.7 Å². The second-order valence-electron chi connectivity index (χ2n) is 8.86. The number of hydrogen-bond acceptors (Lipinski definition) is 8. The average molecular weight is 629 g/mol. The minimum Gasteiger partial charge on any atom is -0.384 e. The highest BCUT2D eigenvalue weighted by atomic mass is 127. The normalized spacial score (nSPS) is 22.9. The molecule has 0 unspecified atom stereocenters. The number of anilines is 1. The van der Waals surface area contributed by atoms with Gasteiger partial charge in [0.2, 0.25) is 23.6 Å². The first-order chi connectivity index (χ1) is 17.5. The lowest BCUT2D eigenvalue weighted by Gasteiger charge is -2.27. The maximum atomic E-state index is 13.6. The molecule has 0 saturated carbocycles. The molecule has 0 radical (unpaired) electrons. The zero-order valence-electron chi connectivity index (χ0n) is 19.8. The van der Waals surface area contributed by atoms with Crippen LogP contribution in [0.1, 0.15) is 48.9 Å². The predicted octanol–water partition coefficient (Wildman–Crippen LogP) is -0.270. The number of carbonyl (C=O) groups is 5. The van der Waals surface area contributed by atoms with Gasteiger partial charge in [-0.25, -0.2) is 0 Å². The molecule has 0 bridgehead atoms. The smallest absolute Gasteiger partial charge is 0.271 e. The lowest BCUT2D eigenvalue weighted by atomic mass is 10.1. The lowest BCUT2D eigenvalue weighted by molar-refractivity contribution is -0.385. The van der Waals surface area contributed by atoms with Crippen molar-refractivity contribution < 1.29 is 28.9 Å². The van der Waals surface area contributed by atoms with Gasteiger partial charge < -0.3 is 32.3 Å². The van der Waals surface area contributed by atoms with E-state index in [4.69, 9.17) is 11.5 Å². The summed E-state index contributed by atoms with van der Waals surface area (Å²) in [4.78, 5) is 75.3. The van der Waals surface area contributed by atoms with E-state index < -0.39 is 52.6 Å². The van der Waals surface area contributed by atoms with Gasteiger partial charge in [-0.3, -0.25) is 34.1 Å². The molecule has 37 heavy (non-hydrogen) atoms. The minimum absolute atomic E-state index is 0.0408. The summed E-state index contributed by atoms with van der Waals surface area (Å²) >= 11 is 1.89. The molecule has 0 spiro atoms. The second kappa shape index (κ2) is 12.2. The molecule has 3 atom stereocenters. The number of primary amides is 2. The number of carbonyl (C=O) groups excluding carboxylic acids is 5. The van der Waals surface area contributed by atoms with Gasteiger partial charge in [0.1, 0.15) is 18.1 Å². The van der Waals surface area contributed by atoms with Crippen molar-refractivity contribution in [1.82, 2.24) is 15.5 Å². The van der Waals surface area contributed by atoms with Crippen LogP contribution in [0, 0.1) is 13.7 Å². The molecule has 2 aliphatic rings. The van der Waals surface area contributed by atoms with Crippen LogP contribution in [0.15, 0.2) is 12.1 Å². The van der Waals surface area contributed by atoms with Crippen molar-refractivity contribution in [2.24, 2.45) is 11.5 Å². The van der Waals surface area contributed by atoms with Crippen LogP contribution in [0.4, 0.5) is 11.4 Å². The van der Waals surface area contributed by atoms with E-state index in [1.165, 1.54) is 17.0 Å². The Morgan fingerprint density at radius 1 is 1.11 bits per heavy atom. The number of benzene rings is 1. The van der Waals surface area contributed by atoms with Crippen LogP contribution in [0.2, 0.25) is 0 Å². The molecule has 7 N–H and O–H groups in total. The quantitative estimate of drug-likeness (QED) is 0.165. The van der Waals surface area contributed by atoms with E-state index in [1.54, 1.807) is 0 Å². The summed E-state index contributed by atoms with van der Waals surface area (Å²) in [6.07, 6.45) is 0.979. The number of nitrogens with two attached hydrogens (primary N) is 2. The highest BCUT2D eigenvalue weighted by Crippen LogP contribution is 2.32. The van der Waals surface area contributed by atoms with Crippen molar-refractivity contribution in [1.29, 1.82) is 0 Å². The number of fused-ring (bicyclic) bond motifs is 2. The van der Waals surface area contributed by atoms with Gasteiger partial charge in [0, 0.05) is 35.2 Å². The van der Waals surface area contributed by atoms with E-state index >= 15 is 0 Å². The largest absolute Gasteiger partial charge is 0.384 e. The highest BCUT2D eigenvalue weighted by Gasteiger charge is 2.38. The third kappa shape index (κ3) is 6.84. The molecule has 200 valence electrons. The number of halogens is 1. The standard InChI is InChI=1S/C22H28IN7O7/c23-13-10-11(30(36)37)9-12-18(13)26-7-1-3-14(19(25)32)27-20(33)15(5-6-17(24)31)28-21(34)16-4-2-8-29(16)22(12)35/h9-10,14-16,26H,1-8H2,(H2,24,31)(H2,25,32)(H,27,33)(H,28,34)/t14-,15-,16-/m0/s1. The molecule has 1 fully saturated rings. The third-order valence-electron chi connectivity index (χ3n) is 6.28. The van der Waals surface area contributed by atoms with E-state index in [1.807, 2.05) is 22.6 Å². The number of nitro groups is 1. The molecule has 2 heterocycles. The van der Waals surface area contributed by atoms with Gasteiger partial charge in [0.05, 0.1) is 16.2 Å². The summed E-state index contributed by atoms with van der Waals surface area (Å²) in [5.74, 6) is -3.35. The van der Waals surface area contributed by atoms with Gasteiger partial charge in [0.15, 0.2) is 0 Å². The molecular weight excluding hydrogens is 601 g/mol. The van der Waals surface area contributed by atoms with Gasteiger partial charge >= 0.3 is 0 Å². The van der Waals surface area contributed by atoms with Crippen LogP contribution < -0.4 is 27.4 Å². The van der Waals surface area contributed by atoms with Gasteiger partial charge in [-0.2, -0.15) is 0 Å². The van der Waals surface area contributed by atoms with Crippen LogP contribution in [0.5, 0.6) is 0 Å².